The van der Waals surface area contributed by atoms with Crippen LogP contribution in [0.5, 0.6) is 0 Å². The van der Waals surface area contributed by atoms with Crippen molar-refractivity contribution in [1.29, 1.82) is 0 Å². The predicted octanol–water partition coefficient (Wildman–Crippen LogP) is 6.97. The van der Waals surface area contributed by atoms with Gasteiger partial charge in [-0.15, -0.1) is 0 Å². The first kappa shape index (κ1) is 27.1. The minimum Gasteiger partial charge on any atom is -0.466 e. The number of rotatable bonds is 10. The zero-order chi connectivity index (χ0) is 25.6. The van der Waals surface area contributed by atoms with Gasteiger partial charge in [0, 0.05) is 31.6 Å². The van der Waals surface area contributed by atoms with Crippen molar-refractivity contribution in [3.63, 3.8) is 0 Å². The molecule has 3 rings (SSSR count). The number of aromatic nitrogens is 2. The van der Waals surface area contributed by atoms with E-state index in [2.05, 4.69) is 29.0 Å². The molecule has 0 amide bonds. The quantitative estimate of drug-likeness (QED) is 0.276. The van der Waals surface area contributed by atoms with Crippen LogP contribution in [0.4, 0.5) is 26.0 Å². The highest BCUT2D eigenvalue weighted by atomic mass is 35.5. The summed E-state index contributed by atoms with van der Waals surface area (Å²) < 4.78 is 32.9. The lowest BCUT2D eigenvalue weighted by molar-refractivity contribution is -0.143. The first-order valence-corrected chi connectivity index (χ1v) is 12.6. The van der Waals surface area contributed by atoms with Gasteiger partial charge in [-0.2, -0.15) is 0 Å². The Labute approximate surface area is 211 Å². The van der Waals surface area contributed by atoms with Gasteiger partial charge in [-0.05, 0) is 55.4 Å². The third-order valence-electron chi connectivity index (χ3n) is 6.20. The fourth-order valence-electron chi connectivity index (χ4n) is 4.40. The maximum absolute atomic E-state index is 13.9. The zero-order valence-corrected chi connectivity index (χ0v) is 21.6. The second-order valence-electron chi connectivity index (χ2n) is 9.68. The number of pyridine rings is 2. The number of alkyl halides is 2. The Bertz CT molecular complexity index is 978. The number of ether oxygens (including phenoxy) is 1. The number of esters is 1. The van der Waals surface area contributed by atoms with E-state index in [-0.39, 0.29) is 37.2 Å². The molecule has 2 aromatic rings. The average molecular weight is 509 g/mol. The van der Waals surface area contributed by atoms with Crippen LogP contribution in [0.15, 0.2) is 30.6 Å². The lowest BCUT2D eigenvalue weighted by Crippen LogP contribution is -2.43. The summed E-state index contributed by atoms with van der Waals surface area (Å²) in [7, 11) is 0. The average Bonchev–Trinajstić information content (AvgIpc) is 2.79. The molecule has 0 saturated heterocycles. The normalized spacial score (nSPS) is 16.7. The lowest BCUT2D eigenvalue weighted by atomic mass is 9.90. The Morgan fingerprint density at radius 3 is 2.54 bits per heavy atom. The highest BCUT2D eigenvalue weighted by Crippen LogP contribution is 2.39. The van der Waals surface area contributed by atoms with Crippen molar-refractivity contribution in [3.8, 4) is 0 Å². The van der Waals surface area contributed by atoms with Crippen molar-refractivity contribution in [3.05, 3.63) is 41.3 Å². The van der Waals surface area contributed by atoms with Crippen LogP contribution in [-0.2, 0) is 9.53 Å². The maximum atomic E-state index is 13.9. The van der Waals surface area contributed by atoms with Gasteiger partial charge in [0.2, 0.25) is 5.92 Å². The third-order valence-corrected chi connectivity index (χ3v) is 6.43. The maximum Gasteiger partial charge on any atom is 0.306 e. The van der Waals surface area contributed by atoms with Crippen LogP contribution >= 0.6 is 11.6 Å². The van der Waals surface area contributed by atoms with E-state index in [0.29, 0.717) is 42.9 Å². The summed E-state index contributed by atoms with van der Waals surface area (Å²) in [5.74, 6) is -1.95. The number of hydrogen-bond acceptors (Lipinski definition) is 6. The summed E-state index contributed by atoms with van der Waals surface area (Å²) in [6, 6.07) is 5.46. The minimum absolute atomic E-state index is 0.0313. The summed E-state index contributed by atoms with van der Waals surface area (Å²) >= 11 is 5.95. The number of carbonyl (C=O) groups excluding carboxylic acids is 1. The van der Waals surface area contributed by atoms with Crippen molar-refractivity contribution in [1.82, 2.24) is 9.97 Å². The smallest absolute Gasteiger partial charge is 0.306 e. The molecule has 1 saturated carbocycles. The fourth-order valence-corrected chi connectivity index (χ4v) is 4.51. The molecule has 192 valence electrons. The highest BCUT2D eigenvalue weighted by Gasteiger charge is 2.38. The van der Waals surface area contributed by atoms with E-state index in [1.54, 1.807) is 25.4 Å². The number of nitrogens with zero attached hydrogens (tertiary/aromatic N) is 3. The molecule has 6 nitrogen and oxygen atoms in total. The van der Waals surface area contributed by atoms with Gasteiger partial charge in [0.05, 0.1) is 30.6 Å². The van der Waals surface area contributed by atoms with E-state index in [4.69, 9.17) is 21.3 Å². The molecule has 1 aliphatic rings. The van der Waals surface area contributed by atoms with E-state index in [0.717, 1.165) is 16.9 Å². The molecule has 0 radical (unpaired) electrons. The number of anilines is 3. The molecule has 0 bridgehead atoms. The molecule has 9 heteroatoms. The SMILES string of the molecule is CCOC(=O)CC(C)c1cnc(N(CC(C)C)C2CCC(F)(F)CC2)c(Nc2ccc(Cl)nc2)c1. The second-order valence-corrected chi connectivity index (χ2v) is 10.1. The molecular formula is C26H35ClF2N4O2. The van der Waals surface area contributed by atoms with Gasteiger partial charge in [0.1, 0.15) is 5.15 Å². The number of halogens is 3. The topological polar surface area (TPSA) is 67.3 Å². The van der Waals surface area contributed by atoms with Gasteiger partial charge in [-0.1, -0.05) is 32.4 Å². The molecule has 0 aromatic carbocycles. The first-order chi connectivity index (χ1) is 16.6. The summed E-state index contributed by atoms with van der Waals surface area (Å²) in [6.45, 7) is 8.98. The van der Waals surface area contributed by atoms with Crippen LogP contribution in [0.1, 0.15) is 71.3 Å². The fraction of sp³-hybridized carbons (Fsp3) is 0.577. The highest BCUT2D eigenvalue weighted by molar-refractivity contribution is 6.29. The van der Waals surface area contributed by atoms with E-state index in [9.17, 15) is 13.6 Å². The molecule has 35 heavy (non-hydrogen) atoms. The molecule has 1 unspecified atom stereocenters. The Kier molecular flexibility index (Phi) is 9.27. The Balaban J connectivity index is 1.97. The molecule has 2 aromatic heterocycles. The molecule has 1 aliphatic carbocycles. The zero-order valence-electron chi connectivity index (χ0n) is 20.9. The molecule has 0 aliphatic heterocycles. The van der Waals surface area contributed by atoms with E-state index in [1.165, 1.54) is 0 Å². The van der Waals surface area contributed by atoms with Gasteiger partial charge < -0.3 is 15.0 Å². The molecule has 2 heterocycles. The van der Waals surface area contributed by atoms with Crippen LogP contribution in [0.25, 0.3) is 0 Å². The van der Waals surface area contributed by atoms with Crippen molar-refractivity contribution >= 4 is 34.8 Å². The molecule has 1 N–H and O–H groups in total. The molecule has 1 atom stereocenters. The Morgan fingerprint density at radius 1 is 1.23 bits per heavy atom. The standard InChI is InChI=1S/C26H35ClF2N4O2/c1-5-35-24(34)12-18(4)19-13-22(32-20-6-7-23(27)30-15-20)25(31-14-19)33(16-17(2)3)21-8-10-26(28,29)11-9-21/h6-7,13-15,17-18,21,32H,5,8-12,16H2,1-4H3. The second kappa shape index (κ2) is 12.0. The van der Waals surface area contributed by atoms with Gasteiger partial charge in [0.25, 0.3) is 0 Å². The monoisotopic (exact) mass is 508 g/mol. The Hall–Kier alpha value is -2.48. The van der Waals surface area contributed by atoms with Crippen molar-refractivity contribution < 1.29 is 18.3 Å². The summed E-state index contributed by atoms with van der Waals surface area (Å²) in [5, 5.41) is 3.78. The molecule has 0 spiro atoms. The third kappa shape index (κ3) is 7.75. The van der Waals surface area contributed by atoms with Crippen LogP contribution < -0.4 is 10.2 Å². The van der Waals surface area contributed by atoms with Gasteiger partial charge in [0.15, 0.2) is 5.82 Å². The molecule has 1 fully saturated rings. The number of carbonyl (C=O) groups is 1. The van der Waals surface area contributed by atoms with Crippen LogP contribution in [-0.4, -0.2) is 41.1 Å². The minimum atomic E-state index is -2.60. The van der Waals surface area contributed by atoms with E-state index >= 15 is 0 Å². The summed E-state index contributed by atoms with van der Waals surface area (Å²) in [6.07, 6.45) is 4.22. The van der Waals surface area contributed by atoms with Crippen molar-refractivity contribution in [2.45, 2.75) is 77.7 Å². The van der Waals surface area contributed by atoms with E-state index in [1.807, 2.05) is 19.1 Å². The van der Waals surface area contributed by atoms with Crippen LogP contribution in [0.3, 0.4) is 0 Å². The number of nitrogens with one attached hydrogen (secondary N) is 1. The van der Waals surface area contributed by atoms with Crippen molar-refractivity contribution in [2.75, 3.05) is 23.4 Å². The predicted molar refractivity (Wildman–Crippen MR) is 136 cm³/mol. The van der Waals surface area contributed by atoms with Gasteiger partial charge in [-0.25, -0.2) is 18.7 Å². The van der Waals surface area contributed by atoms with Crippen molar-refractivity contribution in [2.24, 2.45) is 5.92 Å². The van der Waals surface area contributed by atoms with Crippen LogP contribution in [0.2, 0.25) is 5.15 Å². The summed E-state index contributed by atoms with van der Waals surface area (Å²) in [4.78, 5) is 23.2. The van der Waals surface area contributed by atoms with E-state index < -0.39 is 5.92 Å². The summed E-state index contributed by atoms with van der Waals surface area (Å²) in [5.41, 5.74) is 2.35. The first-order valence-electron chi connectivity index (χ1n) is 12.3. The largest absolute Gasteiger partial charge is 0.466 e. The lowest BCUT2D eigenvalue weighted by Gasteiger charge is -2.39. The van der Waals surface area contributed by atoms with Gasteiger partial charge in [-0.3, -0.25) is 4.79 Å². The number of hydrogen-bond donors (Lipinski definition) is 1. The Morgan fingerprint density at radius 2 is 1.94 bits per heavy atom. The van der Waals surface area contributed by atoms with Gasteiger partial charge >= 0.3 is 5.97 Å². The molecular weight excluding hydrogens is 474 g/mol. The van der Waals surface area contributed by atoms with Crippen LogP contribution in [0, 0.1) is 5.92 Å².